The Morgan fingerprint density at radius 2 is 1.39 bits per heavy atom. The predicted molar refractivity (Wildman–Crippen MR) is 110 cm³/mol. The molecule has 1 atom stereocenters. The van der Waals surface area contributed by atoms with Gasteiger partial charge in [0.2, 0.25) is 0 Å². The molecule has 1 aliphatic rings. The highest BCUT2D eigenvalue weighted by atomic mass is 32.2. The lowest BCUT2D eigenvalue weighted by atomic mass is 9.76. The van der Waals surface area contributed by atoms with Gasteiger partial charge in [-0.15, -0.1) is 0 Å². The fraction of sp³-hybridized carbons (Fsp3) is 0.167. The minimum absolute atomic E-state index is 0.208. The summed E-state index contributed by atoms with van der Waals surface area (Å²) in [7, 11) is 0. The number of hydrogen-bond acceptors (Lipinski definition) is 4. The third-order valence-electron chi connectivity index (χ3n) is 4.94. The van der Waals surface area contributed by atoms with E-state index in [-0.39, 0.29) is 18.3 Å². The van der Waals surface area contributed by atoms with Crippen molar-refractivity contribution in [1.29, 1.82) is 0 Å². The second-order valence-corrected chi connectivity index (χ2v) is 7.70. The lowest BCUT2D eigenvalue weighted by molar-refractivity contribution is -0.146. The van der Waals surface area contributed by atoms with E-state index in [9.17, 15) is 9.59 Å². The lowest BCUT2D eigenvalue weighted by Crippen LogP contribution is -2.34. The van der Waals surface area contributed by atoms with Gasteiger partial charge in [-0.3, -0.25) is 9.59 Å². The number of rotatable bonds is 5. The molecule has 0 unspecified atom stereocenters. The van der Waals surface area contributed by atoms with Crippen LogP contribution in [0.2, 0.25) is 0 Å². The van der Waals surface area contributed by atoms with Gasteiger partial charge >= 0.3 is 5.97 Å². The molecular weight excluding hydrogens is 368 g/mol. The summed E-state index contributed by atoms with van der Waals surface area (Å²) in [6.45, 7) is 2.00. The molecule has 0 N–H and O–H groups in total. The van der Waals surface area contributed by atoms with Crippen molar-refractivity contribution in [1.82, 2.24) is 0 Å². The highest BCUT2D eigenvalue weighted by Crippen LogP contribution is 2.49. The van der Waals surface area contributed by atoms with Crippen LogP contribution in [0.4, 0.5) is 0 Å². The SMILES string of the molecule is CCOC(=O)[C@H](C(=O)c1ccccc1)C1c2ccccc2Sc2ccccc21. The third-order valence-corrected chi connectivity index (χ3v) is 6.13. The number of carbonyl (C=O) groups is 2. The Hall–Kier alpha value is -2.85. The van der Waals surface area contributed by atoms with Gasteiger partial charge in [-0.25, -0.2) is 0 Å². The molecule has 3 nitrogen and oxygen atoms in total. The molecule has 4 heteroatoms. The van der Waals surface area contributed by atoms with Gasteiger partial charge < -0.3 is 4.74 Å². The van der Waals surface area contributed by atoms with Gasteiger partial charge in [-0.1, -0.05) is 78.5 Å². The van der Waals surface area contributed by atoms with E-state index in [2.05, 4.69) is 0 Å². The molecule has 0 aliphatic carbocycles. The molecule has 3 aromatic carbocycles. The van der Waals surface area contributed by atoms with E-state index in [1.54, 1.807) is 30.8 Å². The van der Waals surface area contributed by atoms with Gasteiger partial charge in [-0.05, 0) is 30.2 Å². The fourth-order valence-corrected chi connectivity index (χ4v) is 4.87. The van der Waals surface area contributed by atoms with Crippen molar-refractivity contribution < 1.29 is 14.3 Å². The van der Waals surface area contributed by atoms with Crippen LogP contribution in [-0.4, -0.2) is 18.4 Å². The maximum atomic E-state index is 13.5. The summed E-state index contributed by atoms with van der Waals surface area (Å²) in [5, 5.41) is 0. The molecule has 0 radical (unpaired) electrons. The van der Waals surface area contributed by atoms with Crippen LogP contribution in [0.5, 0.6) is 0 Å². The zero-order valence-corrected chi connectivity index (χ0v) is 16.3. The summed E-state index contributed by atoms with van der Waals surface area (Å²) >= 11 is 1.67. The van der Waals surface area contributed by atoms with Crippen LogP contribution in [0.1, 0.15) is 34.3 Å². The molecule has 0 amide bonds. The van der Waals surface area contributed by atoms with E-state index >= 15 is 0 Å². The van der Waals surface area contributed by atoms with Crippen molar-refractivity contribution in [3.8, 4) is 0 Å². The monoisotopic (exact) mass is 388 g/mol. The van der Waals surface area contributed by atoms with E-state index in [0.29, 0.717) is 5.56 Å². The van der Waals surface area contributed by atoms with Gasteiger partial charge in [0, 0.05) is 21.3 Å². The van der Waals surface area contributed by atoms with Gasteiger partial charge in [0.05, 0.1) is 6.61 Å². The van der Waals surface area contributed by atoms with Crippen molar-refractivity contribution >= 4 is 23.5 Å². The lowest BCUT2D eigenvalue weighted by Gasteiger charge is -2.32. The van der Waals surface area contributed by atoms with E-state index < -0.39 is 11.9 Å². The van der Waals surface area contributed by atoms with Crippen LogP contribution < -0.4 is 0 Å². The zero-order valence-electron chi connectivity index (χ0n) is 15.5. The zero-order chi connectivity index (χ0) is 19.5. The van der Waals surface area contributed by atoms with Gasteiger partial charge in [0.25, 0.3) is 0 Å². The first-order chi connectivity index (χ1) is 13.7. The number of fused-ring (bicyclic) bond motifs is 2. The van der Waals surface area contributed by atoms with Gasteiger partial charge in [0.1, 0.15) is 5.92 Å². The molecule has 0 saturated carbocycles. The number of Topliss-reactive ketones (excluding diaryl/α,β-unsaturated/α-hetero) is 1. The van der Waals surface area contributed by atoms with Crippen LogP contribution >= 0.6 is 11.8 Å². The Morgan fingerprint density at radius 3 is 1.96 bits per heavy atom. The Labute approximate surface area is 168 Å². The number of ether oxygens (including phenoxy) is 1. The smallest absolute Gasteiger partial charge is 0.317 e. The van der Waals surface area contributed by atoms with Crippen LogP contribution in [0, 0.1) is 5.92 Å². The second kappa shape index (κ2) is 8.03. The molecule has 1 heterocycles. The molecule has 0 saturated heterocycles. The fourth-order valence-electron chi connectivity index (χ4n) is 3.71. The summed E-state index contributed by atoms with van der Waals surface area (Å²) in [5.41, 5.74) is 2.51. The first kappa shape index (κ1) is 18.5. The van der Waals surface area contributed by atoms with E-state index in [1.807, 2.05) is 66.7 Å². The number of esters is 1. The molecule has 1 aliphatic heterocycles. The molecule has 0 spiro atoms. The highest BCUT2D eigenvalue weighted by molar-refractivity contribution is 7.99. The Balaban J connectivity index is 1.89. The number of carbonyl (C=O) groups excluding carboxylic acids is 2. The number of hydrogen-bond donors (Lipinski definition) is 0. The first-order valence-corrected chi connectivity index (χ1v) is 10.1. The molecule has 4 rings (SSSR count). The van der Waals surface area contributed by atoms with Gasteiger partial charge in [0.15, 0.2) is 5.78 Å². The van der Waals surface area contributed by atoms with Crippen LogP contribution in [-0.2, 0) is 9.53 Å². The van der Waals surface area contributed by atoms with Crippen LogP contribution in [0.25, 0.3) is 0 Å². The molecule has 28 heavy (non-hydrogen) atoms. The second-order valence-electron chi connectivity index (χ2n) is 6.62. The number of benzene rings is 3. The van der Waals surface area contributed by atoms with Crippen LogP contribution in [0.3, 0.4) is 0 Å². The highest BCUT2D eigenvalue weighted by Gasteiger charge is 2.41. The van der Waals surface area contributed by atoms with Crippen molar-refractivity contribution in [2.45, 2.75) is 22.6 Å². The van der Waals surface area contributed by atoms with Crippen molar-refractivity contribution in [2.24, 2.45) is 5.92 Å². The third kappa shape index (κ3) is 3.36. The first-order valence-electron chi connectivity index (χ1n) is 9.32. The Bertz CT molecular complexity index is 968. The summed E-state index contributed by atoms with van der Waals surface area (Å²) in [6, 6.07) is 25.0. The largest absolute Gasteiger partial charge is 0.465 e. The predicted octanol–water partition coefficient (Wildman–Crippen LogP) is 5.35. The molecule has 3 aromatic rings. The maximum absolute atomic E-state index is 13.5. The molecular formula is C24H20O3S. The average molecular weight is 388 g/mol. The van der Waals surface area contributed by atoms with E-state index in [4.69, 9.17) is 4.74 Å². The number of ketones is 1. The molecule has 0 bridgehead atoms. The summed E-state index contributed by atoms with van der Waals surface area (Å²) in [5.74, 6) is -1.98. The minimum Gasteiger partial charge on any atom is -0.465 e. The Morgan fingerprint density at radius 1 is 0.857 bits per heavy atom. The molecule has 0 fully saturated rings. The summed E-state index contributed by atoms with van der Waals surface area (Å²) in [4.78, 5) is 28.6. The average Bonchev–Trinajstić information content (AvgIpc) is 2.74. The van der Waals surface area contributed by atoms with Gasteiger partial charge in [-0.2, -0.15) is 0 Å². The Kier molecular flexibility index (Phi) is 5.31. The van der Waals surface area contributed by atoms with E-state index in [0.717, 1.165) is 20.9 Å². The standard InChI is InChI=1S/C24H20O3S/c1-2-27-24(26)22(23(25)16-10-4-3-5-11-16)21-17-12-6-8-14-19(17)28-20-15-9-7-13-18(20)21/h3-15,21-22H,2H2,1H3/t22-/m0/s1. The maximum Gasteiger partial charge on any atom is 0.317 e. The summed E-state index contributed by atoms with van der Waals surface area (Å²) in [6.07, 6.45) is 0. The van der Waals surface area contributed by atoms with Crippen molar-refractivity contribution in [3.63, 3.8) is 0 Å². The quantitative estimate of drug-likeness (QED) is 0.336. The normalized spacial score (nSPS) is 13.9. The molecule has 140 valence electrons. The van der Waals surface area contributed by atoms with Crippen LogP contribution in [0.15, 0.2) is 88.7 Å². The molecule has 0 aromatic heterocycles. The minimum atomic E-state index is -0.925. The summed E-state index contributed by atoms with van der Waals surface area (Å²) < 4.78 is 5.36. The van der Waals surface area contributed by atoms with Crippen molar-refractivity contribution in [2.75, 3.05) is 6.61 Å². The van der Waals surface area contributed by atoms with Crippen molar-refractivity contribution in [3.05, 3.63) is 95.6 Å². The topological polar surface area (TPSA) is 43.4 Å². The van der Waals surface area contributed by atoms with E-state index in [1.165, 1.54) is 0 Å².